The number of benzene rings is 2. The number of rotatable bonds is 2. The first kappa shape index (κ1) is 14.0. The molecule has 0 N–H and O–H groups in total. The first-order valence-electron chi connectivity index (χ1n) is 5.31. The van der Waals surface area contributed by atoms with Crippen molar-refractivity contribution in [2.45, 2.75) is 0 Å². The van der Waals surface area contributed by atoms with Gasteiger partial charge >= 0.3 is 0 Å². The van der Waals surface area contributed by atoms with Gasteiger partial charge in [-0.1, -0.05) is 18.2 Å². The summed E-state index contributed by atoms with van der Waals surface area (Å²) in [5.41, 5.74) is -1.31. The van der Waals surface area contributed by atoms with E-state index in [0.717, 1.165) is 0 Å². The van der Waals surface area contributed by atoms with Gasteiger partial charge in [0.05, 0.1) is 0 Å². The van der Waals surface area contributed by atoms with Gasteiger partial charge in [0.15, 0.2) is 29.5 Å². The van der Waals surface area contributed by atoms with Gasteiger partial charge in [0.2, 0.25) is 11.5 Å². The van der Waals surface area contributed by atoms with E-state index in [4.69, 9.17) is 0 Å². The quantitative estimate of drug-likeness (QED) is 0.157. The Bertz CT molecular complexity index is 656. The van der Waals surface area contributed by atoms with E-state index in [-0.39, 0.29) is 10.4 Å². The van der Waals surface area contributed by atoms with Crippen molar-refractivity contribution in [2.24, 2.45) is 0 Å². The van der Waals surface area contributed by atoms with Crippen LogP contribution in [0.1, 0.15) is 5.56 Å². The molecule has 0 unspecified atom stereocenters. The molecule has 0 spiro atoms. The van der Waals surface area contributed by atoms with Gasteiger partial charge in [-0.2, -0.15) is 4.74 Å². The predicted octanol–water partition coefficient (Wildman–Crippen LogP) is 3.64. The summed E-state index contributed by atoms with van der Waals surface area (Å²) in [5.74, 6) is -10.6. The highest BCUT2D eigenvalue weighted by Crippen LogP contribution is 2.22. The summed E-state index contributed by atoms with van der Waals surface area (Å²) in [6.45, 7) is 0. The fourth-order valence-electron chi connectivity index (χ4n) is 1.50. The zero-order valence-corrected chi connectivity index (χ0v) is 9.71. The summed E-state index contributed by atoms with van der Waals surface area (Å²) in [6.07, 6.45) is 0.297. The molecular formula is C13H6F5NO. The SMILES string of the molecule is [O-][N+](=Cc1c(F)c(F)c(F)c(F)c1F)c1ccccc1. The van der Waals surface area contributed by atoms with Crippen LogP contribution in [-0.4, -0.2) is 11.0 Å². The van der Waals surface area contributed by atoms with Crippen LogP contribution in [0.3, 0.4) is 0 Å². The maximum absolute atomic E-state index is 13.4. The van der Waals surface area contributed by atoms with Crippen molar-refractivity contribution in [1.29, 1.82) is 0 Å². The number of nitrogens with zero attached hydrogens (tertiary/aromatic N) is 1. The lowest BCUT2D eigenvalue weighted by atomic mass is 10.2. The standard InChI is InChI=1S/C13H6F5NO/c14-9-8(10(15)12(17)13(18)11(9)16)6-19(20)7-4-2-1-3-5-7/h1-6H. The molecule has 0 aliphatic rings. The lowest BCUT2D eigenvalue weighted by Crippen LogP contribution is -2.10. The fourth-order valence-corrected chi connectivity index (χ4v) is 1.50. The van der Waals surface area contributed by atoms with Crippen molar-refractivity contribution >= 4 is 11.9 Å². The maximum Gasteiger partial charge on any atom is 0.216 e. The first-order chi connectivity index (χ1) is 9.43. The molecule has 0 amide bonds. The van der Waals surface area contributed by atoms with Crippen molar-refractivity contribution in [3.05, 3.63) is 70.2 Å². The largest absolute Gasteiger partial charge is 0.618 e. The van der Waals surface area contributed by atoms with Gasteiger partial charge in [-0.15, -0.1) is 0 Å². The summed E-state index contributed by atoms with van der Waals surface area (Å²) in [5, 5.41) is 11.6. The maximum atomic E-state index is 13.4. The summed E-state index contributed by atoms with van der Waals surface area (Å²) in [7, 11) is 0. The van der Waals surface area contributed by atoms with Crippen molar-refractivity contribution in [2.75, 3.05) is 0 Å². The van der Waals surface area contributed by atoms with E-state index >= 15 is 0 Å². The lowest BCUT2D eigenvalue weighted by Gasteiger charge is -2.05. The van der Waals surface area contributed by atoms with Crippen LogP contribution in [0, 0.1) is 34.3 Å². The average molecular weight is 287 g/mol. The van der Waals surface area contributed by atoms with Crippen LogP contribution < -0.4 is 0 Å². The van der Waals surface area contributed by atoms with Crippen molar-refractivity contribution in [3.63, 3.8) is 0 Å². The Morgan fingerprint density at radius 3 is 1.70 bits per heavy atom. The van der Waals surface area contributed by atoms with E-state index in [9.17, 15) is 27.2 Å². The van der Waals surface area contributed by atoms with Crippen molar-refractivity contribution < 1.29 is 26.7 Å². The number of halogens is 5. The zero-order chi connectivity index (χ0) is 14.9. The number of hydrogen-bond acceptors (Lipinski definition) is 1. The molecule has 2 aromatic rings. The van der Waals surface area contributed by atoms with Crippen LogP contribution in [0.2, 0.25) is 0 Å². The normalized spacial score (nSPS) is 11.8. The summed E-state index contributed by atoms with van der Waals surface area (Å²) in [4.78, 5) is 0. The molecule has 0 heterocycles. The first-order valence-corrected chi connectivity index (χ1v) is 5.31. The lowest BCUT2D eigenvalue weighted by molar-refractivity contribution is -0.354. The van der Waals surface area contributed by atoms with Crippen LogP contribution in [0.4, 0.5) is 27.6 Å². The van der Waals surface area contributed by atoms with Gasteiger partial charge in [0, 0.05) is 12.1 Å². The second-order valence-electron chi connectivity index (χ2n) is 3.77. The van der Waals surface area contributed by atoms with E-state index < -0.39 is 34.6 Å². The molecule has 0 bridgehead atoms. The molecule has 0 saturated heterocycles. The molecule has 0 saturated carbocycles. The molecule has 0 radical (unpaired) electrons. The third kappa shape index (κ3) is 2.34. The van der Waals surface area contributed by atoms with Gasteiger partial charge in [-0.25, -0.2) is 22.0 Å². The highest BCUT2D eigenvalue weighted by molar-refractivity contribution is 5.77. The molecule has 0 aliphatic carbocycles. The minimum atomic E-state index is -2.27. The summed E-state index contributed by atoms with van der Waals surface area (Å²) >= 11 is 0. The Morgan fingerprint density at radius 1 is 0.750 bits per heavy atom. The number of hydrogen-bond donors (Lipinski definition) is 0. The molecule has 0 atom stereocenters. The molecule has 20 heavy (non-hydrogen) atoms. The Kier molecular flexibility index (Phi) is 3.69. The van der Waals surface area contributed by atoms with Gasteiger partial charge < -0.3 is 5.21 Å². The van der Waals surface area contributed by atoms with Crippen LogP contribution in [0.5, 0.6) is 0 Å². The van der Waals surface area contributed by atoms with Crippen LogP contribution in [0.25, 0.3) is 0 Å². The third-order valence-electron chi connectivity index (χ3n) is 2.50. The van der Waals surface area contributed by atoms with Crippen molar-refractivity contribution in [1.82, 2.24) is 0 Å². The fraction of sp³-hybridized carbons (Fsp3) is 0. The highest BCUT2D eigenvalue weighted by Gasteiger charge is 2.26. The molecule has 0 aliphatic heterocycles. The van der Waals surface area contributed by atoms with Gasteiger partial charge in [0.1, 0.15) is 5.56 Å². The predicted molar refractivity (Wildman–Crippen MR) is 61.1 cm³/mol. The Hall–Kier alpha value is -2.44. The second kappa shape index (κ2) is 5.28. The van der Waals surface area contributed by atoms with Crippen molar-refractivity contribution in [3.8, 4) is 0 Å². The Labute approximate surface area is 110 Å². The molecule has 2 nitrogen and oxygen atoms in total. The molecule has 2 aromatic carbocycles. The topological polar surface area (TPSA) is 26.1 Å². The van der Waals surface area contributed by atoms with E-state index in [1.807, 2.05) is 0 Å². The third-order valence-corrected chi connectivity index (χ3v) is 2.50. The van der Waals surface area contributed by atoms with Crippen LogP contribution >= 0.6 is 0 Å². The van der Waals surface area contributed by atoms with Crippen LogP contribution in [-0.2, 0) is 0 Å². The molecule has 2 rings (SSSR count). The van der Waals surface area contributed by atoms with E-state index in [1.54, 1.807) is 6.07 Å². The van der Waals surface area contributed by atoms with Crippen LogP contribution in [0.15, 0.2) is 30.3 Å². The van der Waals surface area contributed by atoms with E-state index in [0.29, 0.717) is 6.21 Å². The van der Waals surface area contributed by atoms with Gasteiger partial charge in [0.25, 0.3) is 0 Å². The smallest absolute Gasteiger partial charge is 0.216 e. The molecular weight excluding hydrogens is 281 g/mol. The minimum Gasteiger partial charge on any atom is -0.618 e. The average Bonchev–Trinajstić information content (AvgIpc) is 2.48. The highest BCUT2D eigenvalue weighted by atomic mass is 19.2. The van der Waals surface area contributed by atoms with E-state index in [1.165, 1.54) is 24.3 Å². The van der Waals surface area contributed by atoms with E-state index in [2.05, 4.69) is 0 Å². The molecule has 0 fully saturated rings. The zero-order valence-electron chi connectivity index (χ0n) is 9.71. The monoisotopic (exact) mass is 287 g/mol. The summed E-state index contributed by atoms with van der Waals surface area (Å²) < 4.78 is 65.5. The minimum absolute atomic E-state index is 0.0122. The van der Waals surface area contributed by atoms with Gasteiger partial charge in [-0.05, 0) is 0 Å². The molecule has 104 valence electrons. The summed E-state index contributed by atoms with van der Waals surface area (Å²) in [6, 6.07) is 7.18. The molecule has 0 aromatic heterocycles. The Balaban J connectivity index is 2.60. The second-order valence-corrected chi connectivity index (χ2v) is 3.77. The van der Waals surface area contributed by atoms with Gasteiger partial charge in [-0.3, -0.25) is 0 Å². The Morgan fingerprint density at radius 2 is 1.20 bits per heavy atom. The number of para-hydroxylation sites is 1. The molecule has 7 heteroatoms.